The molecule has 0 aliphatic rings. The van der Waals surface area contributed by atoms with Gasteiger partial charge in [-0.3, -0.25) is 0 Å². The van der Waals surface area contributed by atoms with Crippen molar-refractivity contribution in [3.8, 4) is 0 Å². The van der Waals surface area contributed by atoms with Crippen molar-refractivity contribution in [1.29, 1.82) is 0 Å². The summed E-state index contributed by atoms with van der Waals surface area (Å²) >= 11 is 0. The molecule has 0 unspecified atom stereocenters. The van der Waals surface area contributed by atoms with E-state index in [4.69, 9.17) is 4.74 Å². The average molecular weight is 319 g/mol. The molecule has 0 radical (unpaired) electrons. The first-order chi connectivity index (χ1) is 9.89. The number of amides is 1. The summed E-state index contributed by atoms with van der Waals surface area (Å²) in [5.41, 5.74) is 0.0246. The van der Waals surface area contributed by atoms with E-state index in [1.165, 1.54) is 18.3 Å². The highest BCUT2D eigenvalue weighted by molar-refractivity contribution is 7.92. The smallest absolute Gasteiger partial charge is 0.408 e. The van der Waals surface area contributed by atoms with Crippen LogP contribution in [0.25, 0.3) is 0 Å². The number of nitrogens with zero attached hydrogens (tertiary/aromatic N) is 1. The third-order valence-electron chi connectivity index (χ3n) is 2.15. The highest BCUT2D eigenvalue weighted by Crippen LogP contribution is 2.03. The van der Waals surface area contributed by atoms with E-state index in [-0.39, 0.29) is 18.9 Å². The molecule has 10 heteroatoms. The Hall–Kier alpha value is -2.23. The van der Waals surface area contributed by atoms with Crippen LogP contribution < -0.4 is 10.1 Å². The monoisotopic (exact) mass is 319 g/mol. The van der Waals surface area contributed by atoms with Crippen LogP contribution in [0, 0.1) is 0 Å². The van der Waals surface area contributed by atoms with Gasteiger partial charge in [-0.25, -0.2) is 27.5 Å². The van der Waals surface area contributed by atoms with E-state index in [2.05, 4.69) is 14.9 Å². The lowest BCUT2D eigenvalue weighted by atomic mass is 10.4. The maximum absolute atomic E-state index is 11.8. The third-order valence-corrected chi connectivity index (χ3v) is 3.15. The molecule has 2 N–H and O–H groups in total. The molecule has 0 atom stereocenters. The Labute approximate surface area is 122 Å². The first-order valence-corrected chi connectivity index (χ1v) is 7.80. The number of sulfonamides is 1. The SMILES string of the molecule is CCOC(=O)NCS(=O)(=O)Nn1cccc1C(=O)OCC. The molecule has 21 heavy (non-hydrogen) atoms. The van der Waals surface area contributed by atoms with Crippen molar-refractivity contribution in [2.75, 3.05) is 23.9 Å². The zero-order valence-electron chi connectivity index (χ0n) is 11.7. The fourth-order valence-corrected chi connectivity index (χ4v) is 2.18. The predicted molar refractivity (Wildman–Crippen MR) is 73.7 cm³/mol. The Balaban J connectivity index is 2.70. The van der Waals surface area contributed by atoms with Gasteiger partial charge in [0, 0.05) is 6.20 Å². The summed E-state index contributed by atoms with van der Waals surface area (Å²) in [5, 5.41) is 2.07. The third kappa shape index (κ3) is 5.34. The number of hydrogen-bond acceptors (Lipinski definition) is 6. The fourth-order valence-electron chi connectivity index (χ4n) is 1.35. The van der Waals surface area contributed by atoms with Crippen LogP contribution in [0.15, 0.2) is 18.3 Å². The van der Waals surface area contributed by atoms with Gasteiger partial charge >= 0.3 is 12.1 Å². The number of esters is 1. The highest BCUT2D eigenvalue weighted by atomic mass is 32.2. The van der Waals surface area contributed by atoms with Gasteiger partial charge in [-0.2, -0.15) is 0 Å². The maximum atomic E-state index is 11.8. The summed E-state index contributed by atoms with van der Waals surface area (Å²) < 4.78 is 33.9. The normalized spacial score (nSPS) is 10.8. The van der Waals surface area contributed by atoms with Crippen LogP contribution >= 0.6 is 0 Å². The Morgan fingerprint density at radius 1 is 1.24 bits per heavy atom. The fraction of sp³-hybridized carbons (Fsp3) is 0.455. The van der Waals surface area contributed by atoms with Gasteiger partial charge in [0.15, 0.2) is 0 Å². The van der Waals surface area contributed by atoms with Crippen molar-refractivity contribution in [2.24, 2.45) is 0 Å². The van der Waals surface area contributed by atoms with Crippen LogP contribution in [0.4, 0.5) is 4.79 Å². The van der Waals surface area contributed by atoms with Crippen LogP contribution in [0.3, 0.4) is 0 Å². The average Bonchev–Trinajstić information content (AvgIpc) is 2.84. The number of hydrogen-bond donors (Lipinski definition) is 2. The second kappa shape index (κ2) is 7.53. The van der Waals surface area contributed by atoms with Crippen LogP contribution in [-0.2, 0) is 19.5 Å². The van der Waals surface area contributed by atoms with Crippen LogP contribution in [0.2, 0.25) is 0 Å². The minimum absolute atomic E-state index is 0.0246. The van der Waals surface area contributed by atoms with E-state index in [1.807, 2.05) is 0 Å². The molecule has 1 aromatic rings. The van der Waals surface area contributed by atoms with Crippen LogP contribution in [0.1, 0.15) is 24.3 Å². The topological polar surface area (TPSA) is 116 Å². The van der Waals surface area contributed by atoms with Crippen molar-refractivity contribution in [3.63, 3.8) is 0 Å². The lowest BCUT2D eigenvalue weighted by molar-refractivity contribution is 0.0516. The Kier molecular flexibility index (Phi) is 6.03. The molecular weight excluding hydrogens is 302 g/mol. The summed E-state index contributed by atoms with van der Waals surface area (Å²) in [5.74, 6) is -1.35. The summed E-state index contributed by atoms with van der Waals surface area (Å²) in [4.78, 5) is 24.8. The van der Waals surface area contributed by atoms with E-state index in [0.29, 0.717) is 0 Å². The lowest BCUT2D eigenvalue weighted by Gasteiger charge is -2.12. The Morgan fingerprint density at radius 2 is 1.90 bits per heavy atom. The first-order valence-electron chi connectivity index (χ1n) is 6.15. The molecule has 0 aliphatic carbocycles. The van der Waals surface area contributed by atoms with Gasteiger partial charge in [0.2, 0.25) is 0 Å². The molecule has 1 aromatic heterocycles. The molecule has 1 rings (SSSR count). The molecule has 0 aliphatic heterocycles. The van der Waals surface area contributed by atoms with E-state index < -0.39 is 28.0 Å². The summed E-state index contributed by atoms with van der Waals surface area (Å²) in [6.07, 6.45) is 0.495. The highest BCUT2D eigenvalue weighted by Gasteiger charge is 2.17. The quantitative estimate of drug-likeness (QED) is 0.696. The second-order valence-electron chi connectivity index (χ2n) is 3.73. The molecule has 0 spiro atoms. The van der Waals surface area contributed by atoms with E-state index in [1.54, 1.807) is 13.8 Å². The number of carbonyl (C=O) groups is 2. The zero-order chi connectivity index (χ0) is 15.9. The molecule has 0 saturated heterocycles. The van der Waals surface area contributed by atoms with Crippen LogP contribution in [-0.4, -0.2) is 44.2 Å². The minimum Gasteiger partial charge on any atom is -0.461 e. The van der Waals surface area contributed by atoms with Gasteiger partial charge in [0.1, 0.15) is 11.6 Å². The van der Waals surface area contributed by atoms with Crippen molar-refractivity contribution < 1.29 is 27.5 Å². The summed E-state index contributed by atoms with van der Waals surface area (Å²) in [6, 6.07) is 2.88. The molecule has 0 fully saturated rings. The number of ether oxygens (including phenoxy) is 2. The molecule has 0 aromatic carbocycles. The molecular formula is C11H17N3O6S. The molecule has 9 nitrogen and oxygen atoms in total. The van der Waals surface area contributed by atoms with Gasteiger partial charge in [0.25, 0.3) is 10.0 Å². The molecule has 0 bridgehead atoms. The zero-order valence-corrected chi connectivity index (χ0v) is 12.5. The number of alkyl carbamates (subject to hydrolysis) is 1. The molecule has 1 amide bonds. The van der Waals surface area contributed by atoms with E-state index >= 15 is 0 Å². The van der Waals surface area contributed by atoms with Gasteiger partial charge in [-0.05, 0) is 26.0 Å². The number of aromatic nitrogens is 1. The van der Waals surface area contributed by atoms with Gasteiger partial charge in [-0.1, -0.05) is 0 Å². The molecule has 0 saturated carbocycles. The number of carbonyl (C=O) groups excluding carboxylic acids is 2. The van der Waals surface area contributed by atoms with Gasteiger partial charge < -0.3 is 14.8 Å². The predicted octanol–water partition coefficient (Wildman–Crippen LogP) is 0.242. The lowest BCUT2D eigenvalue weighted by Crippen LogP contribution is -2.36. The summed E-state index contributed by atoms with van der Waals surface area (Å²) in [7, 11) is -3.90. The maximum Gasteiger partial charge on any atom is 0.408 e. The number of rotatable bonds is 7. The Morgan fingerprint density at radius 3 is 2.52 bits per heavy atom. The minimum atomic E-state index is -3.90. The van der Waals surface area contributed by atoms with Crippen molar-refractivity contribution in [2.45, 2.75) is 13.8 Å². The first kappa shape index (κ1) is 16.8. The van der Waals surface area contributed by atoms with E-state index in [0.717, 1.165) is 4.68 Å². The van der Waals surface area contributed by atoms with Crippen molar-refractivity contribution in [1.82, 2.24) is 9.99 Å². The van der Waals surface area contributed by atoms with Crippen molar-refractivity contribution in [3.05, 3.63) is 24.0 Å². The number of nitrogens with one attached hydrogen (secondary N) is 2. The Bertz CT molecular complexity index is 595. The van der Waals surface area contributed by atoms with Crippen LogP contribution in [0.5, 0.6) is 0 Å². The van der Waals surface area contributed by atoms with Gasteiger partial charge in [-0.15, -0.1) is 0 Å². The molecule has 118 valence electrons. The standard InChI is InChI=1S/C11H17N3O6S/c1-3-19-10(15)9-6-5-7-14(9)13-21(17,18)8-12-11(16)20-4-2/h5-7,13H,3-4,8H2,1-2H3,(H,12,16). The van der Waals surface area contributed by atoms with Gasteiger partial charge in [0.05, 0.1) is 13.2 Å². The summed E-state index contributed by atoms with van der Waals surface area (Å²) in [6.45, 7) is 3.53. The van der Waals surface area contributed by atoms with Crippen molar-refractivity contribution >= 4 is 22.1 Å². The molecule has 1 heterocycles. The largest absolute Gasteiger partial charge is 0.461 e. The van der Waals surface area contributed by atoms with E-state index in [9.17, 15) is 18.0 Å². The second-order valence-corrected chi connectivity index (χ2v) is 5.43.